The van der Waals surface area contributed by atoms with Gasteiger partial charge >= 0.3 is 0 Å². The number of carbonyl (C=O) groups is 1. The first-order chi connectivity index (χ1) is 9.08. The maximum Gasteiger partial charge on any atom is 0.165 e. The second kappa shape index (κ2) is 6.33. The molecule has 1 aliphatic carbocycles. The molecule has 1 aromatic rings. The van der Waals surface area contributed by atoms with Crippen LogP contribution in [0.5, 0.6) is 0 Å². The van der Waals surface area contributed by atoms with Gasteiger partial charge in [0.25, 0.3) is 0 Å². The van der Waals surface area contributed by atoms with Crippen LogP contribution in [0, 0.1) is 19.8 Å². The Labute approximate surface area is 115 Å². The summed E-state index contributed by atoms with van der Waals surface area (Å²) in [5.41, 5.74) is 3.46. The Morgan fingerprint density at radius 1 is 1.21 bits per heavy atom. The number of aryl methyl sites for hydroxylation is 2. The van der Waals surface area contributed by atoms with Crippen LogP contribution in [0.3, 0.4) is 0 Å². The number of carbonyl (C=O) groups excluding carboxylic acids is 1. The molecule has 0 heterocycles. The minimum absolute atomic E-state index is 0.0184. The summed E-state index contributed by atoms with van der Waals surface area (Å²) in [5, 5.41) is 10.2. The molecule has 1 atom stereocenters. The molecule has 0 amide bonds. The maximum atomic E-state index is 12.2. The molecule has 104 valence electrons. The van der Waals surface area contributed by atoms with Crippen LogP contribution in [-0.4, -0.2) is 17.0 Å². The lowest BCUT2D eigenvalue weighted by Gasteiger charge is -2.25. The molecule has 0 spiro atoms. The second-order valence-electron chi connectivity index (χ2n) is 5.90. The summed E-state index contributed by atoms with van der Waals surface area (Å²) >= 11 is 0. The monoisotopic (exact) mass is 260 g/mol. The molecule has 2 nitrogen and oxygen atoms in total. The van der Waals surface area contributed by atoms with Gasteiger partial charge < -0.3 is 5.11 Å². The average Bonchev–Trinajstić information content (AvgIpc) is 2.43. The number of Topliss-reactive ketones (excluding diaryl/α,β-unsaturated/α-hetero) is 1. The van der Waals surface area contributed by atoms with Crippen molar-refractivity contribution in [2.75, 3.05) is 0 Å². The van der Waals surface area contributed by atoms with Gasteiger partial charge in [-0.1, -0.05) is 37.5 Å². The first-order valence-electron chi connectivity index (χ1n) is 7.35. The summed E-state index contributed by atoms with van der Waals surface area (Å²) in [5.74, 6) is 0.169. The van der Waals surface area contributed by atoms with Gasteiger partial charge in [0, 0.05) is 6.42 Å². The van der Waals surface area contributed by atoms with E-state index in [1.807, 2.05) is 12.1 Å². The Bertz CT molecular complexity index is 445. The molecule has 0 bridgehead atoms. The molecule has 0 radical (unpaired) electrons. The Balaban J connectivity index is 1.97. The Morgan fingerprint density at radius 2 is 1.89 bits per heavy atom. The highest BCUT2D eigenvalue weighted by molar-refractivity contribution is 5.85. The van der Waals surface area contributed by atoms with E-state index in [-0.39, 0.29) is 11.7 Å². The van der Waals surface area contributed by atoms with Crippen molar-refractivity contribution in [2.45, 2.75) is 58.5 Å². The molecule has 1 aromatic carbocycles. The standard InChI is InChI=1S/C17H24O2/c1-12-8-9-14(10-13(12)2)11-16(18)17(19)15-6-4-3-5-7-15/h8-10,15,17,19H,3-7,11H2,1-2H3. The highest BCUT2D eigenvalue weighted by Gasteiger charge is 2.27. The molecule has 1 N–H and O–H groups in total. The average molecular weight is 260 g/mol. The van der Waals surface area contributed by atoms with Gasteiger partial charge in [0.15, 0.2) is 5.78 Å². The van der Waals surface area contributed by atoms with Crippen molar-refractivity contribution in [3.05, 3.63) is 34.9 Å². The van der Waals surface area contributed by atoms with Crippen LogP contribution >= 0.6 is 0 Å². The lowest BCUT2D eigenvalue weighted by atomic mass is 9.83. The molecule has 0 aliphatic heterocycles. The van der Waals surface area contributed by atoms with E-state index < -0.39 is 6.10 Å². The van der Waals surface area contributed by atoms with Gasteiger partial charge in [-0.3, -0.25) is 4.79 Å². The van der Waals surface area contributed by atoms with Gasteiger partial charge in [-0.15, -0.1) is 0 Å². The third kappa shape index (κ3) is 3.66. The number of aliphatic hydroxyl groups is 1. The van der Waals surface area contributed by atoms with Crippen molar-refractivity contribution < 1.29 is 9.90 Å². The van der Waals surface area contributed by atoms with E-state index in [1.165, 1.54) is 17.5 Å². The Kier molecular flexibility index (Phi) is 4.76. The molecule has 2 rings (SSSR count). The van der Waals surface area contributed by atoms with E-state index >= 15 is 0 Å². The third-order valence-electron chi connectivity index (χ3n) is 4.38. The largest absolute Gasteiger partial charge is 0.385 e. The molecule has 2 heteroatoms. The van der Waals surface area contributed by atoms with Crippen LogP contribution in [0.1, 0.15) is 48.8 Å². The lowest BCUT2D eigenvalue weighted by molar-refractivity contribution is -0.129. The van der Waals surface area contributed by atoms with Gasteiger partial charge in [0.1, 0.15) is 6.10 Å². The molecule has 1 unspecified atom stereocenters. The summed E-state index contributed by atoms with van der Waals surface area (Å²) in [6, 6.07) is 6.10. The predicted octanol–water partition coefficient (Wildman–Crippen LogP) is 3.36. The number of hydrogen-bond acceptors (Lipinski definition) is 2. The van der Waals surface area contributed by atoms with E-state index in [9.17, 15) is 9.90 Å². The summed E-state index contributed by atoms with van der Waals surface area (Å²) in [4.78, 5) is 12.2. The van der Waals surface area contributed by atoms with Crippen LogP contribution < -0.4 is 0 Å². The van der Waals surface area contributed by atoms with Crippen molar-refractivity contribution >= 4 is 5.78 Å². The van der Waals surface area contributed by atoms with E-state index in [1.54, 1.807) is 0 Å². The quantitative estimate of drug-likeness (QED) is 0.901. The molecular weight excluding hydrogens is 236 g/mol. The smallest absolute Gasteiger partial charge is 0.165 e. The lowest BCUT2D eigenvalue weighted by Crippen LogP contribution is -2.32. The van der Waals surface area contributed by atoms with Crippen molar-refractivity contribution in [2.24, 2.45) is 5.92 Å². The number of aliphatic hydroxyl groups excluding tert-OH is 1. The fourth-order valence-electron chi connectivity index (χ4n) is 2.93. The van der Waals surface area contributed by atoms with Gasteiger partial charge in [-0.2, -0.15) is 0 Å². The second-order valence-corrected chi connectivity index (χ2v) is 5.90. The van der Waals surface area contributed by atoms with Crippen LogP contribution in [0.4, 0.5) is 0 Å². The number of benzene rings is 1. The van der Waals surface area contributed by atoms with Crippen LogP contribution in [0.15, 0.2) is 18.2 Å². The van der Waals surface area contributed by atoms with Crippen LogP contribution in [0.25, 0.3) is 0 Å². The molecule has 0 saturated heterocycles. The highest BCUT2D eigenvalue weighted by Crippen LogP contribution is 2.27. The zero-order valence-corrected chi connectivity index (χ0v) is 12.0. The van der Waals surface area contributed by atoms with Crippen LogP contribution in [0.2, 0.25) is 0 Å². The SMILES string of the molecule is Cc1ccc(CC(=O)C(O)C2CCCCC2)cc1C. The zero-order chi connectivity index (χ0) is 13.8. The van der Waals surface area contributed by atoms with Crippen molar-refractivity contribution in [3.63, 3.8) is 0 Å². The Morgan fingerprint density at radius 3 is 2.53 bits per heavy atom. The number of hydrogen-bond donors (Lipinski definition) is 1. The molecular formula is C17H24O2. The summed E-state index contributed by atoms with van der Waals surface area (Å²) < 4.78 is 0. The van der Waals surface area contributed by atoms with Gasteiger partial charge in [0.2, 0.25) is 0 Å². The highest BCUT2D eigenvalue weighted by atomic mass is 16.3. The van der Waals surface area contributed by atoms with Crippen molar-refractivity contribution in [1.29, 1.82) is 0 Å². The molecule has 1 aliphatic rings. The van der Waals surface area contributed by atoms with Crippen molar-refractivity contribution in [3.8, 4) is 0 Å². The maximum absolute atomic E-state index is 12.2. The van der Waals surface area contributed by atoms with Gasteiger partial charge in [-0.05, 0) is 49.3 Å². The molecule has 0 aromatic heterocycles. The van der Waals surface area contributed by atoms with Crippen molar-refractivity contribution in [1.82, 2.24) is 0 Å². The van der Waals surface area contributed by atoms with Gasteiger partial charge in [0.05, 0.1) is 0 Å². The summed E-state index contributed by atoms with van der Waals surface area (Å²) in [7, 11) is 0. The van der Waals surface area contributed by atoms with E-state index in [4.69, 9.17) is 0 Å². The predicted molar refractivity (Wildman–Crippen MR) is 77.2 cm³/mol. The topological polar surface area (TPSA) is 37.3 Å². The van der Waals surface area contributed by atoms with Gasteiger partial charge in [-0.25, -0.2) is 0 Å². The molecule has 19 heavy (non-hydrogen) atoms. The molecule has 1 fully saturated rings. The zero-order valence-electron chi connectivity index (χ0n) is 12.0. The summed E-state index contributed by atoms with van der Waals surface area (Å²) in [6.07, 6.45) is 5.14. The minimum Gasteiger partial charge on any atom is -0.385 e. The van der Waals surface area contributed by atoms with E-state index in [2.05, 4.69) is 19.9 Å². The fourth-order valence-corrected chi connectivity index (χ4v) is 2.93. The van der Waals surface area contributed by atoms with E-state index in [0.717, 1.165) is 31.2 Å². The third-order valence-corrected chi connectivity index (χ3v) is 4.38. The fraction of sp³-hybridized carbons (Fsp3) is 0.588. The van der Waals surface area contributed by atoms with E-state index in [0.29, 0.717) is 6.42 Å². The minimum atomic E-state index is -0.762. The molecule has 1 saturated carbocycles. The normalized spacial score (nSPS) is 18.3. The Hall–Kier alpha value is -1.15. The summed E-state index contributed by atoms with van der Waals surface area (Å²) in [6.45, 7) is 4.12. The first-order valence-corrected chi connectivity index (χ1v) is 7.35. The number of rotatable bonds is 4. The number of ketones is 1. The van der Waals surface area contributed by atoms with Crippen LogP contribution in [-0.2, 0) is 11.2 Å². The first kappa shape index (κ1) is 14.3.